The highest BCUT2D eigenvalue weighted by Crippen LogP contribution is 2.26. The van der Waals surface area contributed by atoms with Crippen LogP contribution in [0.3, 0.4) is 0 Å². The molecule has 0 atom stereocenters. The van der Waals surface area contributed by atoms with Crippen molar-refractivity contribution in [1.82, 2.24) is 15.3 Å². The lowest BCUT2D eigenvalue weighted by molar-refractivity contribution is -0.141. The van der Waals surface area contributed by atoms with E-state index in [0.717, 1.165) is 6.20 Å². The first-order valence-corrected chi connectivity index (χ1v) is 6.48. The van der Waals surface area contributed by atoms with E-state index < -0.39 is 17.8 Å². The molecule has 1 amide bonds. The summed E-state index contributed by atoms with van der Waals surface area (Å²) in [6.45, 7) is 8.36. The second-order valence-electron chi connectivity index (χ2n) is 3.37. The largest absolute Gasteiger partial charge is 0.434 e. The minimum Gasteiger partial charge on any atom is -0.354 e. The molecule has 116 valence electrons. The summed E-state index contributed by atoms with van der Waals surface area (Å²) in [7, 11) is 1.30. The van der Waals surface area contributed by atoms with Gasteiger partial charge in [-0.2, -0.15) is 13.2 Å². The van der Waals surface area contributed by atoms with Crippen LogP contribution in [-0.4, -0.2) is 22.9 Å². The molecule has 7 heteroatoms. The van der Waals surface area contributed by atoms with Gasteiger partial charge in [-0.3, -0.25) is 9.78 Å². The van der Waals surface area contributed by atoms with E-state index in [1.54, 1.807) is 0 Å². The van der Waals surface area contributed by atoms with Crippen LogP contribution < -0.4 is 5.32 Å². The molecule has 0 radical (unpaired) electrons. The normalized spacial score (nSPS) is 9.60. The number of carbonyl (C=O) groups excluding carboxylic acids is 1. The highest BCUT2D eigenvalue weighted by Gasteiger charge is 2.33. The van der Waals surface area contributed by atoms with Crippen molar-refractivity contribution in [2.24, 2.45) is 0 Å². The van der Waals surface area contributed by atoms with Gasteiger partial charge in [0.1, 0.15) is 5.69 Å². The molecule has 0 bridgehead atoms. The lowest BCUT2D eigenvalue weighted by atomic mass is 10.4. The number of carbonyl (C=O) groups is 1. The van der Waals surface area contributed by atoms with E-state index in [-0.39, 0.29) is 5.69 Å². The Balaban J connectivity index is 0. The number of hydrogen-bond acceptors (Lipinski definition) is 3. The van der Waals surface area contributed by atoms with Crippen LogP contribution in [0.25, 0.3) is 0 Å². The Hall–Kier alpha value is -1.66. The van der Waals surface area contributed by atoms with Crippen molar-refractivity contribution in [3.63, 3.8) is 0 Å². The van der Waals surface area contributed by atoms with Crippen LogP contribution in [0.5, 0.6) is 0 Å². The fourth-order valence-electron chi connectivity index (χ4n) is 0.740. The minimum absolute atomic E-state index is 0.359. The standard InChI is InChI=1S/C7H6F3N3O.C4H10.C2H6/c1-11-6(14)4-2-12-3-5(13-4)7(8,9)10;1-3-4-2;1-2/h2-3H,1H3,(H,11,14);3-4H2,1-2H3;1-2H3. The van der Waals surface area contributed by atoms with Gasteiger partial charge < -0.3 is 5.32 Å². The van der Waals surface area contributed by atoms with E-state index in [9.17, 15) is 18.0 Å². The first-order valence-electron chi connectivity index (χ1n) is 6.48. The van der Waals surface area contributed by atoms with E-state index in [0.29, 0.717) is 6.20 Å². The number of amides is 1. The van der Waals surface area contributed by atoms with Crippen LogP contribution in [0.1, 0.15) is 56.7 Å². The Morgan fingerprint density at radius 2 is 1.70 bits per heavy atom. The van der Waals surface area contributed by atoms with E-state index >= 15 is 0 Å². The Kier molecular flexibility index (Phi) is 11.6. The van der Waals surface area contributed by atoms with Gasteiger partial charge in [0, 0.05) is 7.05 Å². The molecule has 1 aromatic heterocycles. The van der Waals surface area contributed by atoms with Crippen molar-refractivity contribution in [1.29, 1.82) is 0 Å². The van der Waals surface area contributed by atoms with Gasteiger partial charge >= 0.3 is 6.18 Å². The molecule has 1 aromatic rings. The van der Waals surface area contributed by atoms with E-state index in [2.05, 4.69) is 29.1 Å². The first kappa shape index (κ1) is 20.7. The molecule has 0 aliphatic heterocycles. The van der Waals surface area contributed by atoms with Crippen LogP contribution in [0.2, 0.25) is 0 Å². The maximum atomic E-state index is 12.1. The molecule has 4 nitrogen and oxygen atoms in total. The van der Waals surface area contributed by atoms with Gasteiger partial charge in [-0.15, -0.1) is 0 Å². The third kappa shape index (κ3) is 8.44. The third-order valence-electron chi connectivity index (χ3n) is 1.88. The lowest BCUT2D eigenvalue weighted by Crippen LogP contribution is -2.21. The molecule has 1 rings (SSSR count). The Bertz CT molecular complexity index is 379. The van der Waals surface area contributed by atoms with E-state index in [4.69, 9.17) is 0 Å². The van der Waals surface area contributed by atoms with E-state index in [1.807, 2.05) is 13.8 Å². The van der Waals surface area contributed by atoms with Gasteiger partial charge in [-0.25, -0.2) is 4.98 Å². The summed E-state index contributed by atoms with van der Waals surface area (Å²) in [5, 5.41) is 2.15. The molecule has 1 N–H and O–H groups in total. The van der Waals surface area contributed by atoms with Crippen LogP contribution in [0.15, 0.2) is 12.4 Å². The lowest BCUT2D eigenvalue weighted by Gasteiger charge is -2.05. The fraction of sp³-hybridized carbons (Fsp3) is 0.615. The highest BCUT2D eigenvalue weighted by molar-refractivity contribution is 5.91. The molecule has 1 heterocycles. The molecule has 0 saturated carbocycles. The molecule has 0 aliphatic carbocycles. The summed E-state index contributed by atoms with van der Waals surface area (Å²) in [5.74, 6) is -0.705. The number of rotatable bonds is 2. The number of halogens is 3. The zero-order valence-corrected chi connectivity index (χ0v) is 12.5. The molecular weight excluding hydrogens is 271 g/mol. The average molecular weight is 293 g/mol. The van der Waals surface area contributed by atoms with Crippen molar-refractivity contribution in [3.8, 4) is 0 Å². The zero-order chi connectivity index (χ0) is 16.2. The maximum Gasteiger partial charge on any atom is 0.434 e. The van der Waals surface area contributed by atoms with Crippen molar-refractivity contribution in [2.45, 2.75) is 46.7 Å². The molecule has 0 fully saturated rings. The number of hydrogen-bond donors (Lipinski definition) is 1. The van der Waals surface area contributed by atoms with Gasteiger partial charge in [0.2, 0.25) is 0 Å². The zero-order valence-electron chi connectivity index (χ0n) is 12.5. The van der Waals surface area contributed by atoms with Crippen LogP contribution in [0.4, 0.5) is 13.2 Å². The molecule has 0 unspecified atom stereocenters. The third-order valence-corrected chi connectivity index (χ3v) is 1.88. The van der Waals surface area contributed by atoms with Gasteiger partial charge in [0.25, 0.3) is 5.91 Å². The molecule has 0 aliphatic rings. The average Bonchev–Trinajstić information content (AvgIpc) is 2.48. The van der Waals surface area contributed by atoms with Crippen LogP contribution in [0, 0.1) is 0 Å². The minimum atomic E-state index is -4.59. The van der Waals surface area contributed by atoms with Crippen molar-refractivity contribution < 1.29 is 18.0 Å². The summed E-state index contributed by atoms with van der Waals surface area (Å²) < 4.78 is 36.3. The van der Waals surface area contributed by atoms with Crippen molar-refractivity contribution in [3.05, 3.63) is 23.8 Å². The molecule has 0 spiro atoms. The Morgan fingerprint density at radius 1 is 1.20 bits per heavy atom. The summed E-state index contributed by atoms with van der Waals surface area (Å²) in [6.07, 6.45) is -0.419. The number of aromatic nitrogens is 2. The number of nitrogens with one attached hydrogen (secondary N) is 1. The van der Waals surface area contributed by atoms with E-state index in [1.165, 1.54) is 19.9 Å². The highest BCUT2D eigenvalue weighted by atomic mass is 19.4. The second kappa shape index (κ2) is 11.2. The van der Waals surface area contributed by atoms with Gasteiger partial charge in [0.15, 0.2) is 5.69 Å². The molecular formula is C13H22F3N3O. The SMILES string of the molecule is CC.CCCC.CNC(=O)c1cncc(C(F)(F)F)n1. The summed E-state index contributed by atoms with van der Waals surface area (Å²) >= 11 is 0. The number of nitrogens with zero attached hydrogens (tertiary/aromatic N) is 2. The quantitative estimate of drug-likeness (QED) is 0.904. The molecule has 20 heavy (non-hydrogen) atoms. The fourth-order valence-corrected chi connectivity index (χ4v) is 0.740. The second-order valence-corrected chi connectivity index (χ2v) is 3.37. The van der Waals surface area contributed by atoms with Crippen molar-refractivity contribution >= 4 is 5.91 Å². The van der Waals surface area contributed by atoms with Crippen LogP contribution >= 0.6 is 0 Å². The Morgan fingerprint density at radius 3 is 2.05 bits per heavy atom. The molecule has 0 saturated heterocycles. The van der Waals surface area contributed by atoms with Gasteiger partial charge in [-0.1, -0.05) is 40.5 Å². The topological polar surface area (TPSA) is 54.9 Å². The summed E-state index contributed by atoms with van der Waals surface area (Å²) in [5.41, 5.74) is -1.54. The van der Waals surface area contributed by atoms with Gasteiger partial charge in [-0.05, 0) is 0 Å². The number of alkyl halides is 3. The van der Waals surface area contributed by atoms with Crippen LogP contribution in [-0.2, 0) is 6.18 Å². The summed E-state index contributed by atoms with van der Waals surface area (Å²) in [6, 6.07) is 0. The monoisotopic (exact) mass is 293 g/mol. The first-order chi connectivity index (χ1) is 9.36. The predicted octanol–water partition coefficient (Wildman–Crippen LogP) is 3.69. The predicted molar refractivity (Wildman–Crippen MR) is 72.4 cm³/mol. The van der Waals surface area contributed by atoms with Gasteiger partial charge in [0.05, 0.1) is 12.4 Å². The van der Waals surface area contributed by atoms with Crippen molar-refractivity contribution in [2.75, 3.05) is 7.05 Å². The Labute approximate surface area is 117 Å². The number of unbranched alkanes of at least 4 members (excludes halogenated alkanes) is 1. The smallest absolute Gasteiger partial charge is 0.354 e. The maximum absolute atomic E-state index is 12.1. The molecule has 0 aromatic carbocycles. The summed E-state index contributed by atoms with van der Waals surface area (Å²) in [4.78, 5) is 17.3.